The van der Waals surface area contributed by atoms with Gasteiger partial charge in [-0.05, 0) is 64.2 Å². The second kappa shape index (κ2) is 48.5. The zero-order chi connectivity index (χ0) is 48.5. The van der Waals surface area contributed by atoms with Gasteiger partial charge in [0.1, 0.15) is 19.8 Å². The standard InChI is InChI=1S/C56H108NO8P/c1-6-8-10-12-14-16-18-20-22-24-26-28-30-32-34-36-38-40-42-44-46-48-55(58)62-52-54(53-64-66(60,61)63-51-50-57(3,4)5)65-56(59)49-47-45-43-41-39-37-35-33-31-29-27-25-23-21-19-17-15-13-11-9-7-2/h32-35,54H,6-31,36-53H2,1-5H3/b34-32-,35-33-. The summed E-state index contributed by atoms with van der Waals surface area (Å²) in [6.07, 6.45) is 56.5. The van der Waals surface area contributed by atoms with Crippen molar-refractivity contribution in [1.82, 2.24) is 0 Å². The highest BCUT2D eigenvalue weighted by Crippen LogP contribution is 2.38. The van der Waals surface area contributed by atoms with Crippen molar-refractivity contribution in [3.05, 3.63) is 24.3 Å². The number of quaternary nitrogens is 1. The van der Waals surface area contributed by atoms with E-state index in [-0.39, 0.29) is 32.0 Å². The SMILES string of the molecule is CCCCCCCCCCCCCC/C=C\CCCCCCCC(=O)OCC(COP(=O)([O-])OCC[N+](C)(C)C)OC(=O)CCCCCCC/C=C\CCCCCCCCCCCCCC. The molecule has 0 bridgehead atoms. The van der Waals surface area contributed by atoms with Gasteiger partial charge in [-0.15, -0.1) is 0 Å². The van der Waals surface area contributed by atoms with Crippen LogP contribution in [0.2, 0.25) is 0 Å². The molecule has 390 valence electrons. The summed E-state index contributed by atoms with van der Waals surface area (Å²) >= 11 is 0. The fourth-order valence-electron chi connectivity index (χ4n) is 8.06. The van der Waals surface area contributed by atoms with Gasteiger partial charge in [-0.3, -0.25) is 14.2 Å². The van der Waals surface area contributed by atoms with Crippen LogP contribution >= 0.6 is 7.82 Å². The lowest BCUT2D eigenvalue weighted by Gasteiger charge is -2.28. The Morgan fingerprint density at radius 1 is 0.455 bits per heavy atom. The van der Waals surface area contributed by atoms with Gasteiger partial charge in [0.05, 0.1) is 27.7 Å². The van der Waals surface area contributed by atoms with E-state index >= 15 is 0 Å². The molecule has 0 saturated heterocycles. The summed E-state index contributed by atoms with van der Waals surface area (Å²) in [5.41, 5.74) is 0. The number of hydrogen-bond donors (Lipinski definition) is 0. The number of nitrogens with zero attached hydrogens (tertiary/aromatic N) is 1. The summed E-state index contributed by atoms with van der Waals surface area (Å²) < 4.78 is 34.1. The van der Waals surface area contributed by atoms with Gasteiger partial charge < -0.3 is 27.9 Å². The molecule has 0 amide bonds. The van der Waals surface area contributed by atoms with Crippen LogP contribution in [0.15, 0.2) is 24.3 Å². The summed E-state index contributed by atoms with van der Waals surface area (Å²) in [7, 11) is 1.17. The van der Waals surface area contributed by atoms with E-state index in [0.29, 0.717) is 17.4 Å². The highest BCUT2D eigenvalue weighted by molar-refractivity contribution is 7.45. The minimum absolute atomic E-state index is 0.0321. The smallest absolute Gasteiger partial charge is 0.306 e. The van der Waals surface area contributed by atoms with Gasteiger partial charge in [-0.2, -0.15) is 0 Å². The van der Waals surface area contributed by atoms with Crippen molar-refractivity contribution in [3.8, 4) is 0 Å². The molecule has 9 nitrogen and oxygen atoms in total. The third-order valence-corrected chi connectivity index (χ3v) is 13.4. The van der Waals surface area contributed by atoms with Crippen molar-refractivity contribution < 1.29 is 42.1 Å². The molecule has 0 rings (SSSR count). The Morgan fingerprint density at radius 2 is 0.773 bits per heavy atom. The Hall–Kier alpha value is -1.51. The molecule has 0 aliphatic carbocycles. The molecule has 0 N–H and O–H groups in total. The third kappa shape index (κ3) is 51.9. The number of likely N-dealkylation sites (N-methyl/N-ethyl adjacent to an activating group) is 1. The largest absolute Gasteiger partial charge is 0.756 e. The number of rotatable bonds is 52. The van der Waals surface area contributed by atoms with Crippen LogP contribution in [0, 0.1) is 0 Å². The first kappa shape index (κ1) is 64.5. The quantitative estimate of drug-likeness (QED) is 0.0195. The molecule has 0 aromatic carbocycles. The Kier molecular flexibility index (Phi) is 47.4. The van der Waals surface area contributed by atoms with E-state index in [1.165, 1.54) is 167 Å². The molecule has 0 spiro atoms. The van der Waals surface area contributed by atoms with E-state index in [0.717, 1.165) is 70.6 Å². The highest BCUT2D eigenvalue weighted by Gasteiger charge is 2.21. The minimum Gasteiger partial charge on any atom is -0.756 e. The van der Waals surface area contributed by atoms with Crippen LogP contribution in [0.4, 0.5) is 0 Å². The van der Waals surface area contributed by atoms with Gasteiger partial charge in [0, 0.05) is 12.8 Å². The van der Waals surface area contributed by atoms with Crippen LogP contribution in [0.3, 0.4) is 0 Å². The van der Waals surface area contributed by atoms with Gasteiger partial charge in [0.15, 0.2) is 6.10 Å². The minimum atomic E-state index is -4.63. The molecule has 0 aromatic rings. The van der Waals surface area contributed by atoms with E-state index < -0.39 is 26.5 Å². The van der Waals surface area contributed by atoms with Crippen molar-refractivity contribution in [2.75, 3.05) is 47.5 Å². The molecule has 0 saturated carbocycles. The summed E-state index contributed by atoms with van der Waals surface area (Å²) in [5.74, 6) is -0.841. The van der Waals surface area contributed by atoms with Crippen molar-refractivity contribution in [2.24, 2.45) is 0 Å². The Balaban J connectivity index is 4.20. The summed E-state index contributed by atoms with van der Waals surface area (Å²) in [6, 6.07) is 0. The summed E-state index contributed by atoms with van der Waals surface area (Å²) in [6.45, 7) is 4.26. The summed E-state index contributed by atoms with van der Waals surface area (Å²) in [4.78, 5) is 37.8. The lowest BCUT2D eigenvalue weighted by molar-refractivity contribution is -0.870. The maximum atomic E-state index is 12.8. The van der Waals surface area contributed by atoms with E-state index in [1.807, 2.05) is 21.1 Å². The number of hydrogen-bond acceptors (Lipinski definition) is 8. The first-order valence-electron chi connectivity index (χ1n) is 28.0. The predicted molar refractivity (Wildman–Crippen MR) is 278 cm³/mol. The fourth-order valence-corrected chi connectivity index (χ4v) is 8.79. The first-order valence-corrected chi connectivity index (χ1v) is 29.5. The number of carbonyl (C=O) groups excluding carboxylic acids is 2. The molecule has 2 atom stereocenters. The van der Waals surface area contributed by atoms with Crippen LogP contribution in [0.5, 0.6) is 0 Å². The zero-order valence-electron chi connectivity index (χ0n) is 44.2. The second-order valence-corrected chi connectivity index (χ2v) is 21.7. The lowest BCUT2D eigenvalue weighted by atomic mass is 10.0. The van der Waals surface area contributed by atoms with Gasteiger partial charge in [0.2, 0.25) is 0 Å². The maximum absolute atomic E-state index is 12.8. The molecule has 66 heavy (non-hydrogen) atoms. The molecule has 0 aromatic heterocycles. The Labute approximate surface area is 409 Å². The Bertz CT molecular complexity index is 1170. The van der Waals surface area contributed by atoms with Gasteiger partial charge in [-0.1, -0.05) is 218 Å². The number of phosphoric ester groups is 1. The Morgan fingerprint density at radius 3 is 1.12 bits per heavy atom. The number of esters is 2. The summed E-state index contributed by atoms with van der Waals surface area (Å²) in [5, 5.41) is 0. The van der Waals surface area contributed by atoms with Crippen LogP contribution in [-0.2, 0) is 32.7 Å². The van der Waals surface area contributed by atoms with Crippen LogP contribution in [0.1, 0.15) is 271 Å². The van der Waals surface area contributed by atoms with Crippen LogP contribution < -0.4 is 4.89 Å². The van der Waals surface area contributed by atoms with Crippen LogP contribution in [0.25, 0.3) is 0 Å². The van der Waals surface area contributed by atoms with Crippen molar-refractivity contribution in [3.63, 3.8) is 0 Å². The molecule has 0 aliphatic heterocycles. The first-order chi connectivity index (χ1) is 32.0. The van der Waals surface area contributed by atoms with Crippen molar-refractivity contribution >= 4 is 19.8 Å². The topological polar surface area (TPSA) is 111 Å². The molecule has 0 heterocycles. The lowest BCUT2D eigenvalue weighted by Crippen LogP contribution is -2.37. The normalized spacial score (nSPS) is 13.5. The number of phosphoric acid groups is 1. The molecule has 0 fully saturated rings. The number of unbranched alkanes of at least 4 members (excludes halogenated alkanes) is 34. The van der Waals surface area contributed by atoms with Gasteiger partial charge in [0.25, 0.3) is 7.82 Å². The molecule has 10 heteroatoms. The van der Waals surface area contributed by atoms with Crippen molar-refractivity contribution in [2.45, 2.75) is 277 Å². The average Bonchev–Trinajstić information content (AvgIpc) is 3.27. The fraction of sp³-hybridized carbons (Fsp3) is 0.893. The van der Waals surface area contributed by atoms with E-state index in [2.05, 4.69) is 38.2 Å². The highest BCUT2D eigenvalue weighted by atomic mass is 31.2. The van der Waals surface area contributed by atoms with E-state index in [9.17, 15) is 19.0 Å². The van der Waals surface area contributed by atoms with E-state index in [1.54, 1.807) is 0 Å². The molecule has 2 unspecified atom stereocenters. The number of ether oxygens (including phenoxy) is 2. The van der Waals surface area contributed by atoms with Gasteiger partial charge >= 0.3 is 11.9 Å². The van der Waals surface area contributed by atoms with Crippen LogP contribution in [-0.4, -0.2) is 70.0 Å². The van der Waals surface area contributed by atoms with Gasteiger partial charge in [-0.25, -0.2) is 0 Å². The molecular formula is C56H108NO8P. The molecular weight excluding hydrogens is 846 g/mol. The maximum Gasteiger partial charge on any atom is 0.306 e. The third-order valence-electron chi connectivity index (χ3n) is 12.4. The average molecular weight is 954 g/mol. The van der Waals surface area contributed by atoms with Crippen molar-refractivity contribution in [1.29, 1.82) is 0 Å². The predicted octanol–water partition coefficient (Wildman–Crippen LogP) is 16.4. The number of carbonyl (C=O) groups is 2. The second-order valence-electron chi connectivity index (χ2n) is 20.3. The molecule has 0 radical (unpaired) electrons. The van der Waals surface area contributed by atoms with E-state index in [4.69, 9.17) is 18.5 Å². The zero-order valence-corrected chi connectivity index (χ0v) is 45.1. The monoisotopic (exact) mass is 954 g/mol. The number of allylic oxidation sites excluding steroid dienone is 4. The molecule has 0 aliphatic rings.